The fourth-order valence-corrected chi connectivity index (χ4v) is 10.1. The zero-order chi connectivity index (χ0) is 35.9. The topological polar surface area (TPSA) is 3.24 Å². The van der Waals surface area contributed by atoms with Gasteiger partial charge in [0.15, 0.2) is 0 Å². The molecule has 0 spiro atoms. The largest absolute Gasteiger partial charge is 0.310 e. The van der Waals surface area contributed by atoms with Crippen molar-refractivity contribution in [3.63, 3.8) is 0 Å². The maximum absolute atomic E-state index is 2.51. The Kier molecular flexibility index (Phi) is 9.07. The number of hydrogen-bond donors (Lipinski definition) is 0. The Morgan fingerprint density at radius 2 is 1.00 bits per heavy atom. The van der Waals surface area contributed by atoms with Crippen LogP contribution in [0, 0.1) is 6.92 Å². The first-order chi connectivity index (χ1) is 26.0. The zero-order valence-corrected chi connectivity index (χ0v) is 31.9. The monoisotopic (exact) mass is 691 g/mol. The minimum atomic E-state index is -0.0639. The van der Waals surface area contributed by atoms with Crippen molar-refractivity contribution in [3.8, 4) is 33.4 Å². The van der Waals surface area contributed by atoms with Crippen molar-refractivity contribution in [2.24, 2.45) is 0 Å². The van der Waals surface area contributed by atoms with Gasteiger partial charge in [-0.3, -0.25) is 0 Å². The summed E-state index contributed by atoms with van der Waals surface area (Å²) in [6.07, 6.45) is 13.4. The second-order valence-electron chi connectivity index (χ2n) is 16.7. The summed E-state index contributed by atoms with van der Waals surface area (Å²) in [5, 5.41) is 0. The van der Waals surface area contributed by atoms with Crippen LogP contribution in [0.25, 0.3) is 33.4 Å². The molecule has 0 unspecified atom stereocenters. The summed E-state index contributed by atoms with van der Waals surface area (Å²) < 4.78 is 0. The SMILES string of the molecule is Cc1c(-c2ccc(C3CCCCC3)cc2)cccc1-c1cccc(N(c2cccc(C3CCCCC3)c2)c2ccc3c(c2)C(C)(C)c2ccccc2-3)c1. The lowest BCUT2D eigenvalue weighted by Gasteiger charge is -2.30. The zero-order valence-electron chi connectivity index (χ0n) is 31.9. The number of benzene rings is 6. The summed E-state index contributed by atoms with van der Waals surface area (Å²) in [6.45, 7) is 7.07. The summed E-state index contributed by atoms with van der Waals surface area (Å²) in [4.78, 5) is 2.51. The van der Waals surface area contributed by atoms with Gasteiger partial charge < -0.3 is 4.90 Å². The Bertz CT molecular complexity index is 2240. The first kappa shape index (κ1) is 33.9. The van der Waals surface area contributed by atoms with Crippen molar-refractivity contribution >= 4 is 17.1 Å². The van der Waals surface area contributed by atoms with E-state index in [1.165, 1.54) is 142 Å². The molecule has 1 heteroatoms. The van der Waals surface area contributed by atoms with Crippen LogP contribution in [0.5, 0.6) is 0 Å². The summed E-state index contributed by atoms with van der Waals surface area (Å²) >= 11 is 0. The van der Waals surface area contributed by atoms with Crippen molar-refractivity contribution < 1.29 is 0 Å². The standard InChI is InChI=1S/C52H53N/c1-36-46(40-29-27-39(28-30-40)37-15-6-4-7-16-37)24-14-25-47(36)42-20-13-22-44(34-42)53(43-21-12-19-41(33-43)38-17-8-5-9-18-38)45-31-32-49-48-23-10-11-26-50(48)52(2,3)51(49)35-45/h10-14,19-35,37-38H,4-9,15-18H2,1-3H3. The maximum Gasteiger partial charge on any atom is 0.0467 e. The van der Waals surface area contributed by atoms with Gasteiger partial charge in [0.05, 0.1) is 0 Å². The second-order valence-corrected chi connectivity index (χ2v) is 16.7. The molecule has 2 saturated carbocycles. The first-order valence-electron chi connectivity index (χ1n) is 20.4. The lowest BCUT2D eigenvalue weighted by Crippen LogP contribution is -2.16. The van der Waals surface area contributed by atoms with Crippen molar-refractivity contribution in [1.82, 2.24) is 0 Å². The normalized spacial score (nSPS) is 17.0. The highest BCUT2D eigenvalue weighted by Crippen LogP contribution is 2.51. The third kappa shape index (κ3) is 6.33. The predicted octanol–water partition coefficient (Wildman–Crippen LogP) is 15.2. The molecule has 3 aliphatic carbocycles. The van der Waals surface area contributed by atoms with Crippen LogP contribution >= 0.6 is 0 Å². The van der Waals surface area contributed by atoms with E-state index in [0.29, 0.717) is 5.92 Å². The summed E-state index contributed by atoms with van der Waals surface area (Å²) in [5.41, 5.74) is 18.6. The van der Waals surface area contributed by atoms with Gasteiger partial charge in [0.1, 0.15) is 0 Å². The van der Waals surface area contributed by atoms with Crippen LogP contribution in [0.4, 0.5) is 17.1 Å². The molecular weight excluding hydrogens is 639 g/mol. The molecule has 2 fully saturated rings. The van der Waals surface area contributed by atoms with Gasteiger partial charge in [-0.15, -0.1) is 0 Å². The molecule has 266 valence electrons. The number of nitrogens with zero attached hydrogens (tertiary/aromatic N) is 1. The maximum atomic E-state index is 2.51. The Morgan fingerprint density at radius 1 is 0.434 bits per heavy atom. The quantitative estimate of drug-likeness (QED) is 0.161. The van der Waals surface area contributed by atoms with Gasteiger partial charge in [0.25, 0.3) is 0 Å². The number of hydrogen-bond acceptors (Lipinski definition) is 1. The molecule has 9 rings (SSSR count). The summed E-state index contributed by atoms with van der Waals surface area (Å²) in [5.74, 6) is 1.37. The van der Waals surface area contributed by atoms with Crippen LogP contribution in [0.1, 0.15) is 118 Å². The van der Waals surface area contributed by atoms with Crippen LogP contribution in [-0.4, -0.2) is 0 Å². The van der Waals surface area contributed by atoms with Crippen LogP contribution < -0.4 is 4.90 Å². The van der Waals surface area contributed by atoms with E-state index in [9.17, 15) is 0 Å². The molecule has 3 aliphatic rings. The molecule has 0 aromatic heterocycles. The van der Waals surface area contributed by atoms with Crippen LogP contribution in [0.2, 0.25) is 0 Å². The van der Waals surface area contributed by atoms with Crippen molar-refractivity contribution in [2.45, 2.75) is 102 Å². The number of rotatable bonds is 7. The van der Waals surface area contributed by atoms with Gasteiger partial charge in [-0.2, -0.15) is 0 Å². The van der Waals surface area contributed by atoms with Crippen LogP contribution in [0.3, 0.4) is 0 Å². The third-order valence-electron chi connectivity index (χ3n) is 13.1. The van der Waals surface area contributed by atoms with E-state index in [-0.39, 0.29) is 5.41 Å². The van der Waals surface area contributed by atoms with Crippen molar-refractivity contribution in [2.75, 3.05) is 4.90 Å². The predicted molar refractivity (Wildman–Crippen MR) is 226 cm³/mol. The van der Waals surface area contributed by atoms with E-state index in [1.807, 2.05) is 0 Å². The van der Waals surface area contributed by atoms with E-state index in [4.69, 9.17) is 0 Å². The van der Waals surface area contributed by atoms with Gasteiger partial charge in [-0.1, -0.05) is 149 Å². The van der Waals surface area contributed by atoms with E-state index in [2.05, 4.69) is 159 Å². The highest BCUT2D eigenvalue weighted by atomic mass is 15.1. The number of anilines is 3. The molecule has 6 aromatic rings. The number of fused-ring (bicyclic) bond motifs is 3. The molecule has 0 aliphatic heterocycles. The molecule has 6 aromatic carbocycles. The van der Waals surface area contributed by atoms with Crippen LogP contribution in [-0.2, 0) is 5.41 Å². The average Bonchev–Trinajstić information content (AvgIpc) is 3.44. The lowest BCUT2D eigenvalue weighted by molar-refractivity contribution is 0.443. The first-order valence-corrected chi connectivity index (χ1v) is 20.4. The van der Waals surface area contributed by atoms with E-state index in [0.717, 1.165) is 5.92 Å². The Morgan fingerprint density at radius 3 is 1.74 bits per heavy atom. The van der Waals surface area contributed by atoms with Gasteiger partial charge in [0, 0.05) is 22.5 Å². The average molecular weight is 692 g/mol. The van der Waals surface area contributed by atoms with Gasteiger partial charge in [-0.25, -0.2) is 0 Å². The van der Waals surface area contributed by atoms with Crippen molar-refractivity contribution in [3.05, 3.63) is 161 Å². The van der Waals surface area contributed by atoms with E-state index in [1.54, 1.807) is 0 Å². The smallest absolute Gasteiger partial charge is 0.0467 e. The molecule has 0 N–H and O–H groups in total. The third-order valence-corrected chi connectivity index (χ3v) is 13.1. The van der Waals surface area contributed by atoms with Crippen molar-refractivity contribution in [1.29, 1.82) is 0 Å². The Hall–Kier alpha value is -4.88. The summed E-state index contributed by atoms with van der Waals surface area (Å²) in [6, 6.07) is 51.2. The highest BCUT2D eigenvalue weighted by molar-refractivity contribution is 5.87. The molecule has 0 saturated heterocycles. The van der Waals surface area contributed by atoms with Gasteiger partial charge in [-0.05, 0) is 142 Å². The van der Waals surface area contributed by atoms with Gasteiger partial charge >= 0.3 is 0 Å². The molecule has 0 radical (unpaired) electrons. The lowest BCUT2D eigenvalue weighted by atomic mass is 9.82. The van der Waals surface area contributed by atoms with E-state index < -0.39 is 0 Å². The minimum absolute atomic E-state index is 0.0639. The fraction of sp³-hybridized carbons (Fsp3) is 0.308. The summed E-state index contributed by atoms with van der Waals surface area (Å²) in [7, 11) is 0. The highest BCUT2D eigenvalue weighted by Gasteiger charge is 2.35. The molecule has 0 amide bonds. The molecule has 0 atom stereocenters. The fourth-order valence-electron chi connectivity index (χ4n) is 10.1. The molecular formula is C52H53N. The van der Waals surface area contributed by atoms with Gasteiger partial charge in [0.2, 0.25) is 0 Å². The second kappa shape index (κ2) is 14.2. The van der Waals surface area contributed by atoms with E-state index >= 15 is 0 Å². The Labute approximate surface area is 317 Å². The minimum Gasteiger partial charge on any atom is -0.310 e. The Balaban J connectivity index is 1.12. The molecule has 53 heavy (non-hydrogen) atoms. The molecule has 1 nitrogen and oxygen atoms in total. The molecule has 0 heterocycles. The molecule has 0 bridgehead atoms. The van der Waals surface area contributed by atoms with Crippen LogP contribution in [0.15, 0.2) is 133 Å².